The molecular weight excluding hydrogens is 248 g/mol. The molecule has 0 saturated heterocycles. The second kappa shape index (κ2) is 5.13. The molecule has 0 aliphatic heterocycles. The van der Waals surface area contributed by atoms with E-state index < -0.39 is 0 Å². The van der Waals surface area contributed by atoms with E-state index in [1.807, 2.05) is 17.9 Å². The highest BCUT2D eigenvalue weighted by molar-refractivity contribution is 5.83. The second-order valence-electron chi connectivity index (χ2n) is 5.26. The van der Waals surface area contributed by atoms with E-state index in [9.17, 15) is 0 Å². The number of aryl methyl sites for hydroxylation is 2. The first-order chi connectivity index (χ1) is 9.66. The molecular formula is C16H20N4. The van der Waals surface area contributed by atoms with Crippen LogP contribution in [0.1, 0.15) is 16.8 Å². The van der Waals surface area contributed by atoms with E-state index in [4.69, 9.17) is 0 Å². The number of nitrogens with zero attached hydrogens (tertiary/aromatic N) is 3. The summed E-state index contributed by atoms with van der Waals surface area (Å²) in [6.45, 7) is 3.82. The van der Waals surface area contributed by atoms with Crippen molar-refractivity contribution in [3.8, 4) is 0 Å². The van der Waals surface area contributed by atoms with Gasteiger partial charge in [0.25, 0.3) is 0 Å². The zero-order chi connectivity index (χ0) is 14.1. The zero-order valence-electron chi connectivity index (χ0n) is 12.2. The Morgan fingerprint density at radius 3 is 2.60 bits per heavy atom. The highest BCUT2D eigenvalue weighted by Crippen LogP contribution is 2.20. The standard InChI is InChI=1S/C16H20N4/c1-12-13(10-18-20(12)3)8-17-9-14-11-19(2)16-7-5-4-6-15(14)16/h4-7,10-11,17H,8-9H2,1-3H3. The first kappa shape index (κ1) is 12.9. The first-order valence-electron chi connectivity index (χ1n) is 6.88. The van der Waals surface area contributed by atoms with Crippen LogP contribution in [0.4, 0.5) is 0 Å². The molecule has 3 rings (SSSR count). The summed E-state index contributed by atoms with van der Waals surface area (Å²) in [7, 11) is 4.07. The van der Waals surface area contributed by atoms with Crippen molar-refractivity contribution < 1.29 is 0 Å². The second-order valence-corrected chi connectivity index (χ2v) is 5.26. The Balaban J connectivity index is 1.73. The van der Waals surface area contributed by atoms with Gasteiger partial charge in [-0.15, -0.1) is 0 Å². The Labute approximate surface area is 119 Å². The summed E-state index contributed by atoms with van der Waals surface area (Å²) in [5.74, 6) is 0. The van der Waals surface area contributed by atoms with Crippen LogP contribution in [0.15, 0.2) is 36.7 Å². The molecule has 0 amide bonds. The fourth-order valence-corrected chi connectivity index (χ4v) is 2.62. The predicted octanol–water partition coefficient (Wildman–Crippen LogP) is 2.51. The Morgan fingerprint density at radius 1 is 1.10 bits per heavy atom. The number of aromatic nitrogens is 3. The van der Waals surface area contributed by atoms with Gasteiger partial charge in [0, 0.05) is 55.5 Å². The van der Waals surface area contributed by atoms with Crippen molar-refractivity contribution in [3.05, 3.63) is 53.5 Å². The minimum atomic E-state index is 0.850. The van der Waals surface area contributed by atoms with Crippen LogP contribution in [0.25, 0.3) is 10.9 Å². The highest BCUT2D eigenvalue weighted by atomic mass is 15.3. The monoisotopic (exact) mass is 268 g/mol. The molecule has 0 unspecified atom stereocenters. The van der Waals surface area contributed by atoms with Crippen molar-refractivity contribution in [2.75, 3.05) is 0 Å². The van der Waals surface area contributed by atoms with Gasteiger partial charge < -0.3 is 9.88 Å². The molecule has 4 heteroatoms. The highest BCUT2D eigenvalue weighted by Gasteiger charge is 2.06. The van der Waals surface area contributed by atoms with Crippen LogP contribution in [0, 0.1) is 6.92 Å². The summed E-state index contributed by atoms with van der Waals surface area (Å²) < 4.78 is 4.09. The third kappa shape index (κ3) is 2.23. The van der Waals surface area contributed by atoms with Gasteiger partial charge >= 0.3 is 0 Å². The average Bonchev–Trinajstić information content (AvgIpc) is 2.94. The van der Waals surface area contributed by atoms with Crippen LogP contribution in [-0.2, 0) is 27.2 Å². The number of hydrogen-bond acceptors (Lipinski definition) is 2. The molecule has 1 N–H and O–H groups in total. The maximum absolute atomic E-state index is 4.27. The quantitative estimate of drug-likeness (QED) is 0.789. The van der Waals surface area contributed by atoms with Crippen molar-refractivity contribution in [2.24, 2.45) is 14.1 Å². The number of para-hydroxylation sites is 1. The van der Waals surface area contributed by atoms with E-state index in [2.05, 4.69) is 59.4 Å². The van der Waals surface area contributed by atoms with Crippen LogP contribution in [0.3, 0.4) is 0 Å². The largest absolute Gasteiger partial charge is 0.350 e. The third-order valence-electron chi connectivity index (χ3n) is 3.95. The van der Waals surface area contributed by atoms with Crippen molar-refractivity contribution in [3.63, 3.8) is 0 Å². The van der Waals surface area contributed by atoms with Crippen molar-refractivity contribution in [1.82, 2.24) is 19.7 Å². The van der Waals surface area contributed by atoms with Crippen LogP contribution in [0.2, 0.25) is 0 Å². The van der Waals surface area contributed by atoms with Crippen LogP contribution in [-0.4, -0.2) is 14.3 Å². The van der Waals surface area contributed by atoms with Gasteiger partial charge in [-0.05, 0) is 18.6 Å². The molecule has 0 aliphatic rings. The Hall–Kier alpha value is -2.07. The molecule has 1 aromatic carbocycles. The molecule has 0 radical (unpaired) electrons. The lowest BCUT2D eigenvalue weighted by atomic mass is 10.1. The van der Waals surface area contributed by atoms with Crippen LogP contribution < -0.4 is 5.32 Å². The number of hydrogen-bond donors (Lipinski definition) is 1. The lowest BCUT2D eigenvalue weighted by Crippen LogP contribution is -2.13. The third-order valence-corrected chi connectivity index (χ3v) is 3.95. The number of rotatable bonds is 4. The summed E-state index contributed by atoms with van der Waals surface area (Å²) >= 11 is 0. The molecule has 0 spiro atoms. The molecule has 0 fully saturated rings. The van der Waals surface area contributed by atoms with Gasteiger partial charge in [-0.3, -0.25) is 4.68 Å². The molecule has 20 heavy (non-hydrogen) atoms. The molecule has 0 saturated carbocycles. The fraction of sp³-hybridized carbons (Fsp3) is 0.312. The minimum absolute atomic E-state index is 0.850. The summed E-state index contributed by atoms with van der Waals surface area (Å²) in [4.78, 5) is 0. The molecule has 0 aliphatic carbocycles. The number of nitrogens with one attached hydrogen (secondary N) is 1. The summed E-state index contributed by atoms with van der Waals surface area (Å²) in [6, 6.07) is 8.52. The fourth-order valence-electron chi connectivity index (χ4n) is 2.62. The normalized spacial score (nSPS) is 11.3. The van der Waals surface area contributed by atoms with Gasteiger partial charge in [0.1, 0.15) is 0 Å². The van der Waals surface area contributed by atoms with Gasteiger partial charge in [0.15, 0.2) is 0 Å². The van der Waals surface area contributed by atoms with Gasteiger partial charge in [-0.1, -0.05) is 18.2 Å². The molecule has 0 atom stereocenters. The summed E-state index contributed by atoms with van der Waals surface area (Å²) in [5.41, 5.74) is 5.09. The van der Waals surface area contributed by atoms with E-state index in [1.165, 1.54) is 27.7 Å². The molecule has 104 valence electrons. The topological polar surface area (TPSA) is 34.8 Å². The average molecular weight is 268 g/mol. The molecule has 0 bridgehead atoms. The summed E-state index contributed by atoms with van der Waals surface area (Å²) in [6.07, 6.45) is 4.14. The van der Waals surface area contributed by atoms with Gasteiger partial charge in [-0.2, -0.15) is 5.10 Å². The molecule has 2 heterocycles. The predicted molar refractivity (Wildman–Crippen MR) is 81.4 cm³/mol. The van der Waals surface area contributed by atoms with Crippen LogP contribution >= 0.6 is 0 Å². The van der Waals surface area contributed by atoms with Crippen molar-refractivity contribution in [2.45, 2.75) is 20.0 Å². The lowest BCUT2D eigenvalue weighted by molar-refractivity contribution is 0.685. The van der Waals surface area contributed by atoms with Crippen molar-refractivity contribution in [1.29, 1.82) is 0 Å². The van der Waals surface area contributed by atoms with E-state index in [-0.39, 0.29) is 0 Å². The van der Waals surface area contributed by atoms with E-state index in [0.717, 1.165) is 13.1 Å². The van der Waals surface area contributed by atoms with Crippen molar-refractivity contribution >= 4 is 10.9 Å². The maximum atomic E-state index is 4.27. The van der Waals surface area contributed by atoms with E-state index in [1.54, 1.807) is 0 Å². The zero-order valence-corrected chi connectivity index (χ0v) is 12.2. The Bertz CT molecular complexity index is 736. The first-order valence-corrected chi connectivity index (χ1v) is 6.88. The molecule has 3 aromatic rings. The Kier molecular flexibility index (Phi) is 3.32. The van der Waals surface area contributed by atoms with E-state index >= 15 is 0 Å². The summed E-state index contributed by atoms with van der Waals surface area (Å²) in [5, 5.41) is 9.10. The SMILES string of the molecule is Cc1c(CNCc2cn(C)c3ccccc23)cnn1C. The van der Waals surface area contributed by atoms with Crippen LogP contribution in [0.5, 0.6) is 0 Å². The molecule has 2 aromatic heterocycles. The lowest BCUT2D eigenvalue weighted by Gasteiger charge is -2.04. The van der Waals surface area contributed by atoms with E-state index in [0.29, 0.717) is 0 Å². The van der Waals surface area contributed by atoms with Gasteiger partial charge in [0.05, 0.1) is 6.20 Å². The molecule has 4 nitrogen and oxygen atoms in total. The minimum Gasteiger partial charge on any atom is -0.350 e. The van der Waals surface area contributed by atoms with Gasteiger partial charge in [0.2, 0.25) is 0 Å². The number of fused-ring (bicyclic) bond motifs is 1. The maximum Gasteiger partial charge on any atom is 0.0537 e. The van der Waals surface area contributed by atoms with Gasteiger partial charge in [-0.25, -0.2) is 0 Å². The Morgan fingerprint density at radius 2 is 1.85 bits per heavy atom. The smallest absolute Gasteiger partial charge is 0.0537 e. The number of benzene rings is 1.